The van der Waals surface area contributed by atoms with Crippen molar-refractivity contribution in [1.29, 1.82) is 0 Å². The number of rotatable bonds is 2. The molecule has 3 rings (SSSR count). The van der Waals surface area contributed by atoms with E-state index in [1.165, 1.54) is 0 Å². The fraction of sp³-hybridized carbons (Fsp3) is 0.500. The molecule has 90 valence electrons. The van der Waals surface area contributed by atoms with E-state index in [0.717, 1.165) is 25.9 Å². The van der Waals surface area contributed by atoms with Crippen LogP contribution in [-0.4, -0.2) is 23.2 Å². The lowest BCUT2D eigenvalue weighted by atomic mass is 9.83. The topological polar surface area (TPSA) is 64.1 Å². The number of furan rings is 1. The van der Waals surface area contributed by atoms with Gasteiger partial charge in [0.15, 0.2) is 5.76 Å². The van der Waals surface area contributed by atoms with E-state index in [1.807, 2.05) is 12.1 Å². The second-order valence-corrected chi connectivity index (χ2v) is 4.74. The van der Waals surface area contributed by atoms with Crippen molar-refractivity contribution in [2.75, 3.05) is 13.1 Å². The molecular formula is C12H15N3O2. The highest BCUT2D eigenvalue weighted by atomic mass is 16.5. The van der Waals surface area contributed by atoms with Gasteiger partial charge in [-0.25, -0.2) is 0 Å². The summed E-state index contributed by atoms with van der Waals surface area (Å²) >= 11 is 0. The summed E-state index contributed by atoms with van der Waals surface area (Å²) in [6.07, 6.45) is 3.81. The van der Waals surface area contributed by atoms with E-state index in [9.17, 15) is 0 Å². The van der Waals surface area contributed by atoms with Crippen molar-refractivity contribution in [3.63, 3.8) is 0 Å². The summed E-state index contributed by atoms with van der Waals surface area (Å²) in [5.74, 6) is 1.86. The molecule has 1 atom stereocenters. The molecule has 0 aromatic carbocycles. The smallest absolute Gasteiger partial charge is 0.238 e. The van der Waals surface area contributed by atoms with Gasteiger partial charge in [-0.3, -0.25) is 0 Å². The molecule has 17 heavy (non-hydrogen) atoms. The van der Waals surface area contributed by atoms with Gasteiger partial charge in [0.2, 0.25) is 11.7 Å². The molecule has 1 N–H and O–H groups in total. The highest BCUT2D eigenvalue weighted by molar-refractivity contribution is 5.45. The Kier molecular flexibility index (Phi) is 2.48. The van der Waals surface area contributed by atoms with Crippen LogP contribution in [0, 0.1) is 0 Å². The number of hydrogen-bond acceptors (Lipinski definition) is 5. The third-order valence-electron chi connectivity index (χ3n) is 3.28. The van der Waals surface area contributed by atoms with Gasteiger partial charge >= 0.3 is 0 Å². The standard InChI is InChI=1S/C12H15N3O2/c1-12(5-3-6-13-8-12)11-14-10(15-17-11)9-4-2-7-16-9/h2,4,7,13H,3,5-6,8H2,1H3. The molecule has 3 heterocycles. The third-order valence-corrected chi connectivity index (χ3v) is 3.28. The van der Waals surface area contributed by atoms with Crippen LogP contribution < -0.4 is 5.32 Å². The summed E-state index contributed by atoms with van der Waals surface area (Å²) in [5, 5.41) is 7.34. The van der Waals surface area contributed by atoms with Crippen LogP contribution in [0.2, 0.25) is 0 Å². The van der Waals surface area contributed by atoms with Gasteiger partial charge in [-0.15, -0.1) is 0 Å². The van der Waals surface area contributed by atoms with E-state index in [2.05, 4.69) is 22.4 Å². The zero-order chi connectivity index (χ0) is 11.7. The Labute approximate surface area is 99.2 Å². The van der Waals surface area contributed by atoms with Crippen molar-refractivity contribution in [3.05, 3.63) is 24.3 Å². The molecule has 1 fully saturated rings. The Bertz CT molecular complexity index is 484. The maximum absolute atomic E-state index is 5.37. The molecule has 1 aliphatic heterocycles. The monoisotopic (exact) mass is 233 g/mol. The summed E-state index contributed by atoms with van der Waals surface area (Å²) in [7, 11) is 0. The Hall–Kier alpha value is -1.62. The molecule has 1 unspecified atom stereocenters. The van der Waals surface area contributed by atoms with Crippen LogP contribution in [0.15, 0.2) is 27.3 Å². The van der Waals surface area contributed by atoms with Crippen molar-refractivity contribution < 1.29 is 8.94 Å². The number of aromatic nitrogens is 2. The largest absolute Gasteiger partial charge is 0.461 e. The SMILES string of the molecule is CC1(c2nc(-c3ccco3)no2)CCCNC1. The van der Waals surface area contributed by atoms with Gasteiger partial charge in [-0.1, -0.05) is 5.16 Å². The second kappa shape index (κ2) is 4.00. The minimum atomic E-state index is -0.0594. The number of piperidine rings is 1. The molecule has 0 saturated carbocycles. The number of nitrogens with zero attached hydrogens (tertiary/aromatic N) is 2. The predicted octanol–water partition coefficient (Wildman–Crippen LogP) is 1.97. The van der Waals surface area contributed by atoms with E-state index in [4.69, 9.17) is 8.94 Å². The summed E-state index contributed by atoms with van der Waals surface area (Å²) in [4.78, 5) is 4.44. The van der Waals surface area contributed by atoms with Crippen LogP contribution in [0.3, 0.4) is 0 Å². The lowest BCUT2D eigenvalue weighted by Crippen LogP contribution is -2.41. The van der Waals surface area contributed by atoms with Crippen LogP contribution in [0.5, 0.6) is 0 Å². The molecule has 0 amide bonds. The minimum absolute atomic E-state index is 0.0594. The summed E-state index contributed by atoms with van der Waals surface area (Å²) < 4.78 is 10.6. The average Bonchev–Trinajstić information content (AvgIpc) is 3.01. The molecule has 0 aliphatic carbocycles. The Morgan fingerprint density at radius 3 is 3.12 bits per heavy atom. The molecule has 0 bridgehead atoms. The van der Waals surface area contributed by atoms with Crippen molar-refractivity contribution in [1.82, 2.24) is 15.5 Å². The van der Waals surface area contributed by atoms with Crippen LogP contribution in [0.4, 0.5) is 0 Å². The second-order valence-electron chi connectivity index (χ2n) is 4.74. The first-order chi connectivity index (χ1) is 8.28. The fourth-order valence-electron chi connectivity index (χ4n) is 2.21. The Morgan fingerprint density at radius 1 is 1.47 bits per heavy atom. The first kappa shape index (κ1) is 10.5. The normalized spacial score (nSPS) is 25.0. The van der Waals surface area contributed by atoms with Crippen molar-refractivity contribution in [2.45, 2.75) is 25.2 Å². The lowest BCUT2D eigenvalue weighted by Gasteiger charge is -2.30. The highest BCUT2D eigenvalue weighted by Crippen LogP contribution is 2.30. The molecule has 5 heteroatoms. The quantitative estimate of drug-likeness (QED) is 0.859. The van der Waals surface area contributed by atoms with Gasteiger partial charge in [0.05, 0.1) is 11.7 Å². The van der Waals surface area contributed by atoms with Crippen molar-refractivity contribution in [3.8, 4) is 11.6 Å². The molecule has 2 aromatic heterocycles. The summed E-state index contributed by atoms with van der Waals surface area (Å²) in [6, 6.07) is 3.64. The van der Waals surface area contributed by atoms with Gasteiger partial charge < -0.3 is 14.3 Å². The van der Waals surface area contributed by atoms with E-state index >= 15 is 0 Å². The predicted molar refractivity (Wildman–Crippen MR) is 61.5 cm³/mol. The number of nitrogens with one attached hydrogen (secondary N) is 1. The van der Waals surface area contributed by atoms with Crippen molar-refractivity contribution in [2.24, 2.45) is 0 Å². The van der Waals surface area contributed by atoms with E-state index in [-0.39, 0.29) is 5.41 Å². The van der Waals surface area contributed by atoms with Crippen molar-refractivity contribution >= 4 is 0 Å². The van der Waals surface area contributed by atoms with Crippen LogP contribution >= 0.6 is 0 Å². The molecule has 5 nitrogen and oxygen atoms in total. The first-order valence-corrected chi connectivity index (χ1v) is 5.87. The van der Waals surface area contributed by atoms with Gasteiger partial charge in [-0.05, 0) is 38.4 Å². The third kappa shape index (κ3) is 1.86. The zero-order valence-corrected chi connectivity index (χ0v) is 9.77. The lowest BCUT2D eigenvalue weighted by molar-refractivity contribution is 0.245. The molecule has 1 saturated heterocycles. The molecule has 1 aliphatic rings. The van der Waals surface area contributed by atoms with Crippen LogP contribution in [0.25, 0.3) is 11.6 Å². The average molecular weight is 233 g/mol. The number of hydrogen-bond donors (Lipinski definition) is 1. The fourth-order valence-corrected chi connectivity index (χ4v) is 2.21. The molecular weight excluding hydrogens is 218 g/mol. The molecule has 0 radical (unpaired) electrons. The Balaban J connectivity index is 1.89. The molecule has 2 aromatic rings. The summed E-state index contributed by atoms with van der Waals surface area (Å²) in [6.45, 7) is 4.10. The maximum atomic E-state index is 5.37. The Morgan fingerprint density at radius 2 is 2.41 bits per heavy atom. The first-order valence-electron chi connectivity index (χ1n) is 5.87. The maximum Gasteiger partial charge on any atom is 0.238 e. The minimum Gasteiger partial charge on any atom is -0.461 e. The van der Waals surface area contributed by atoms with Gasteiger partial charge in [0.25, 0.3) is 0 Å². The van der Waals surface area contributed by atoms with Crippen LogP contribution in [0.1, 0.15) is 25.7 Å². The zero-order valence-electron chi connectivity index (χ0n) is 9.77. The van der Waals surface area contributed by atoms with E-state index in [1.54, 1.807) is 6.26 Å². The molecule has 0 spiro atoms. The van der Waals surface area contributed by atoms with E-state index < -0.39 is 0 Å². The summed E-state index contributed by atoms with van der Waals surface area (Å²) in [5.41, 5.74) is -0.0594. The van der Waals surface area contributed by atoms with E-state index in [0.29, 0.717) is 17.5 Å². The van der Waals surface area contributed by atoms with Crippen LogP contribution in [-0.2, 0) is 5.41 Å². The highest BCUT2D eigenvalue weighted by Gasteiger charge is 2.34. The van der Waals surface area contributed by atoms with Gasteiger partial charge in [0.1, 0.15) is 0 Å². The van der Waals surface area contributed by atoms with Gasteiger partial charge in [0, 0.05) is 6.54 Å². The van der Waals surface area contributed by atoms with Gasteiger partial charge in [-0.2, -0.15) is 4.98 Å².